The van der Waals surface area contributed by atoms with Crippen molar-refractivity contribution in [1.29, 1.82) is 0 Å². The SMILES string of the molecule is CCN(CC)CCOC(=O)c1ccccc1N(CCCl)CCCl. The van der Waals surface area contributed by atoms with Gasteiger partial charge in [-0.05, 0) is 25.2 Å². The van der Waals surface area contributed by atoms with Crippen LogP contribution in [0.5, 0.6) is 0 Å². The number of hydrogen-bond acceptors (Lipinski definition) is 4. The van der Waals surface area contributed by atoms with Gasteiger partial charge in [0.2, 0.25) is 0 Å². The predicted octanol–water partition coefficient (Wildman–Crippen LogP) is 3.47. The second-order valence-electron chi connectivity index (χ2n) is 5.04. The Hall–Kier alpha value is -0.970. The van der Waals surface area contributed by atoms with E-state index in [1.807, 2.05) is 23.1 Å². The molecule has 0 bridgehead atoms. The Morgan fingerprint density at radius 1 is 1.04 bits per heavy atom. The third kappa shape index (κ3) is 6.58. The van der Waals surface area contributed by atoms with E-state index < -0.39 is 0 Å². The fraction of sp³-hybridized carbons (Fsp3) is 0.588. The minimum absolute atomic E-state index is 0.304. The van der Waals surface area contributed by atoms with E-state index in [1.165, 1.54) is 0 Å². The Bertz CT molecular complexity index is 462. The van der Waals surface area contributed by atoms with Gasteiger partial charge in [-0.25, -0.2) is 4.79 Å². The number of carbonyl (C=O) groups is 1. The second-order valence-corrected chi connectivity index (χ2v) is 5.80. The van der Waals surface area contributed by atoms with Crippen molar-refractivity contribution < 1.29 is 9.53 Å². The van der Waals surface area contributed by atoms with E-state index in [0.717, 1.165) is 25.3 Å². The van der Waals surface area contributed by atoms with E-state index in [2.05, 4.69) is 18.7 Å². The number of ether oxygens (including phenoxy) is 1. The molecule has 0 radical (unpaired) electrons. The molecule has 1 rings (SSSR count). The van der Waals surface area contributed by atoms with Gasteiger partial charge >= 0.3 is 5.97 Å². The number of carbonyl (C=O) groups excluding carboxylic acids is 1. The molecule has 0 amide bonds. The summed E-state index contributed by atoms with van der Waals surface area (Å²) in [7, 11) is 0. The normalized spacial score (nSPS) is 10.8. The molecule has 0 saturated carbocycles. The maximum atomic E-state index is 12.4. The highest BCUT2D eigenvalue weighted by Gasteiger charge is 2.17. The molecule has 0 N–H and O–H groups in total. The van der Waals surface area contributed by atoms with Gasteiger partial charge in [0.25, 0.3) is 0 Å². The van der Waals surface area contributed by atoms with Crippen molar-refractivity contribution in [3.63, 3.8) is 0 Å². The van der Waals surface area contributed by atoms with Crippen LogP contribution in [0, 0.1) is 0 Å². The van der Waals surface area contributed by atoms with Crippen molar-refractivity contribution >= 4 is 34.9 Å². The van der Waals surface area contributed by atoms with Crippen molar-refractivity contribution in [3.8, 4) is 0 Å². The maximum absolute atomic E-state index is 12.4. The highest BCUT2D eigenvalue weighted by Crippen LogP contribution is 2.21. The molecule has 0 aromatic heterocycles. The highest BCUT2D eigenvalue weighted by atomic mass is 35.5. The van der Waals surface area contributed by atoms with Crippen molar-refractivity contribution in [1.82, 2.24) is 4.90 Å². The minimum atomic E-state index is -0.304. The predicted molar refractivity (Wildman–Crippen MR) is 98.2 cm³/mol. The lowest BCUT2D eigenvalue weighted by atomic mass is 10.1. The van der Waals surface area contributed by atoms with Crippen LogP contribution in [0.25, 0.3) is 0 Å². The van der Waals surface area contributed by atoms with E-state index in [1.54, 1.807) is 6.07 Å². The van der Waals surface area contributed by atoms with Crippen molar-refractivity contribution in [2.24, 2.45) is 0 Å². The smallest absolute Gasteiger partial charge is 0.340 e. The number of anilines is 1. The number of likely N-dealkylation sites (N-methyl/N-ethyl adjacent to an activating group) is 1. The van der Waals surface area contributed by atoms with Gasteiger partial charge in [-0.1, -0.05) is 26.0 Å². The molecule has 4 nitrogen and oxygen atoms in total. The van der Waals surface area contributed by atoms with Gasteiger partial charge in [-0.3, -0.25) is 0 Å². The maximum Gasteiger partial charge on any atom is 0.340 e. The van der Waals surface area contributed by atoms with Crippen LogP contribution in [-0.2, 0) is 4.74 Å². The van der Waals surface area contributed by atoms with E-state index in [0.29, 0.717) is 37.0 Å². The van der Waals surface area contributed by atoms with Crippen LogP contribution >= 0.6 is 23.2 Å². The number of nitrogens with zero attached hydrogens (tertiary/aromatic N) is 2. The van der Waals surface area contributed by atoms with Gasteiger partial charge in [-0.2, -0.15) is 0 Å². The summed E-state index contributed by atoms with van der Waals surface area (Å²) in [5, 5.41) is 0. The number of halogens is 2. The van der Waals surface area contributed by atoms with Crippen molar-refractivity contribution in [2.45, 2.75) is 13.8 Å². The Morgan fingerprint density at radius 3 is 2.22 bits per heavy atom. The fourth-order valence-corrected chi connectivity index (χ4v) is 2.77. The minimum Gasteiger partial charge on any atom is -0.461 e. The molecule has 0 saturated heterocycles. The van der Waals surface area contributed by atoms with Gasteiger partial charge in [0, 0.05) is 31.4 Å². The quantitative estimate of drug-likeness (QED) is 0.446. The summed E-state index contributed by atoms with van der Waals surface area (Å²) in [5.41, 5.74) is 1.38. The van der Waals surface area contributed by atoms with Gasteiger partial charge in [0.15, 0.2) is 0 Å². The van der Waals surface area contributed by atoms with Crippen LogP contribution in [0.1, 0.15) is 24.2 Å². The van der Waals surface area contributed by atoms with E-state index >= 15 is 0 Å². The number of para-hydroxylation sites is 1. The number of rotatable bonds is 11. The molecule has 1 aromatic rings. The second kappa shape index (κ2) is 11.5. The summed E-state index contributed by atoms with van der Waals surface area (Å²) >= 11 is 11.7. The molecule has 0 aliphatic heterocycles. The van der Waals surface area contributed by atoms with Crippen LogP contribution < -0.4 is 4.90 Å². The summed E-state index contributed by atoms with van der Waals surface area (Å²) in [6.07, 6.45) is 0. The van der Waals surface area contributed by atoms with Gasteiger partial charge in [0.1, 0.15) is 6.61 Å². The zero-order chi connectivity index (χ0) is 17.1. The molecule has 0 heterocycles. The first-order valence-corrected chi connectivity index (χ1v) is 9.10. The van der Waals surface area contributed by atoms with Gasteiger partial charge in [-0.15, -0.1) is 23.2 Å². The molecule has 1 aromatic carbocycles. The number of esters is 1. The Labute approximate surface area is 149 Å². The Morgan fingerprint density at radius 2 is 1.65 bits per heavy atom. The van der Waals surface area contributed by atoms with E-state index in [4.69, 9.17) is 27.9 Å². The van der Waals surface area contributed by atoms with E-state index in [9.17, 15) is 4.79 Å². The molecule has 6 heteroatoms. The molecule has 0 atom stereocenters. The molecular formula is C17H26Cl2N2O2. The van der Waals surface area contributed by atoms with Crippen LogP contribution in [0.4, 0.5) is 5.69 Å². The highest BCUT2D eigenvalue weighted by molar-refractivity contribution is 6.18. The van der Waals surface area contributed by atoms with Crippen LogP contribution in [-0.4, -0.2) is 62.0 Å². The third-order valence-electron chi connectivity index (χ3n) is 3.71. The summed E-state index contributed by atoms with van der Waals surface area (Å²) in [6.45, 7) is 8.49. The van der Waals surface area contributed by atoms with Crippen LogP contribution in [0.15, 0.2) is 24.3 Å². The zero-order valence-corrected chi connectivity index (χ0v) is 15.4. The van der Waals surface area contributed by atoms with Crippen LogP contribution in [0.2, 0.25) is 0 Å². The number of alkyl halides is 2. The Balaban J connectivity index is 2.76. The Kier molecular flexibility index (Phi) is 10.1. The molecule has 130 valence electrons. The lowest BCUT2D eigenvalue weighted by molar-refractivity contribution is 0.0467. The molecule has 0 aliphatic rings. The van der Waals surface area contributed by atoms with E-state index in [-0.39, 0.29) is 5.97 Å². The first-order chi connectivity index (χ1) is 11.2. The monoisotopic (exact) mass is 360 g/mol. The molecule has 0 unspecified atom stereocenters. The molecular weight excluding hydrogens is 335 g/mol. The fourth-order valence-electron chi connectivity index (χ4n) is 2.36. The number of benzene rings is 1. The molecule has 0 fully saturated rings. The lowest BCUT2D eigenvalue weighted by Crippen LogP contribution is -2.30. The van der Waals surface area contributed by atoms with Gasteiger partial charge in [0.05, 0.1) is 11.3 Å². The van der Waals surface area contributed by atoms with Crippen molar-refractivity contribution in [2.75, 3.05) is 56.0 Å². The third-order valence-corrected chi connectivity index (χ3v) is 4.05. The summed E-state index contributed by atoms with van der Waals surface area (Å²) in [4.78, 5) is 16.6. The lowest BCUT2D eigenvalue weighted by Gasteiger charge is -2.25. The van der Waals surface area contributed by atoms with Gasteiger partial charge < -0.3 is 14.5 Å². The first kappa shape index (κ1) is 20.1. The average Bonchev–Trinajstić information content (AvgIpc) is 2.58. The first-order valence-electron chi connectivity index (χ1n) is 8.03. The zero-order valence-electron chi connectivity index (χ0n) is 13.9. The summed E-state index contributed by atoms with van der Waals surface area (Å²) in [6, 6.07) is 7.42. The van der Waals surface area contributed by atoms with Crippen molar-refractivity contribution in [3.05, 3.63) is 29.8 Å². The molecule has 0 spiro atoms. The average molecular weight is 361 g/mol. The largest absolute Gasteiger partial charge is 0.461 e. The standard InChI is InChI=1S/C17H26Cl2N2O2/c1-3-20(4-2)13-14-23-17(22)15-7-5-6-8-16(15)21(11-9-18)12-10-19/h5-8H,3-4,9-14H2,1-2H3. The molecule has 0 aliphatic carbocycles. The van der Waals surface area contributed by atoms with Crippen LogP contribution in [0.3, 0.4) is 0 Å². The summed E-state index contributed by atoms with van der Waals surface area (Å²) in [5.74, 6) is 0.645. The topological polar surface area (TPSA) is 32.8 Å². The summed E-state index contributed by atoms with van der Waals surface area (Å²) < 4.78 is 5.44. The number of hydrogen-bond donors (Lipinski definition) is 0. The molecule has 23 heavy (non-hydrogen) atoms.